The molecule has 3 heterocycles. The molecule has 0 radical (unpaired) electrons. The van der Waals surface area contributed by atoms with Crippen LogP contribution in [-0.2, 0) is 4.79 Å². The maximum atomic E-state index is 13.7. The lowest BCUT2D eigenvalue weighted by atomic mass is 9.84. The Labute approximate surface area is 186 Å². The Kier molecular flexibility index (Phi) is 5.28. The minimum Gasteiger partial charge on any atom is -0.496 e. The summed E-state index contributed by atoms with van der Waals surface area (Å²) >= 11 is 0. The summed E-state index contributed by atoms with van der Waals surface area (Å²) in [6.07, 6.45) is 6.64. The number of hydrogen-bond donors (Lipinski definition) is 1. The third-order valence-corrected chi connectivity index (χ3v) is 6.67. The normalized spacial score (nSPS) is 22.6. The van der Waals surface area contributed by atoms with Gasteiger partial charge in [0.15, 0.2) is 5.65 Å². The number of benzene rings is 1. The van der Waals surface area contributed by atoms with E-state index >= 15 is 0 Å². The van der Waals surface area contributed by atoms with E-state index < -0.39 is 6.04 Å². The zero-order valence-electron chi connectivity index (χ0n) is 18.3. The van der Waals surface area contributed by atoms with Crippen molar-refractivity contribution in [3.63, 3.8) is 0 Å². The largest absolute Gasteiger partial charge is 0.496 e. The van der Waals surface area contributed by atoms with Gasteiger partial charge >= 0.3 is 0 Å². The SMILES string of the molecule is COc1ccccc1C(=O)N1[C@H](C(=O)Nc2ccc3nc(C)nn3c2)C[C@@H]2CCCC[C@@H]21. The Morgan fingerprint density at radius 3 is 2.78 bits per heavy atom. The van der Waals surface area contributed by atoms with Gasteiger partial charge in [-0.05, 0) is 56.4 Å². The molecule has 1 N–H and O–H groups in total. The van der Waals surface area contributed by atoms with Gasteiger partial charge in [-0.3, -0.25) is 9.59 Å². The lowest BCUT2D eigenvalue weighted by Gasteiger charge is -2.34. The van der Waals surface area contributed by atoms with Crippen LogP contribution < -0.4 is 10.1 Å². The van der Waals surface area contributed by atoms with Crippen molar-refractivity contribution < 1.29 is 14.3 Å². The summed E-state index contributed by atoms with van der Waals surface area (Å²) in [4.78, 5) is 33.2. The van der Waals surface area contributed by atoms with E-state index in [9.17, 15) is 9.59 Å². The van der Waals surface area contributed by atoms with Crippen LogP contribution in [0.2, 0.25) is 0 Å². The van der Waals surface area contributed by atoms with Crippen LogP contribution in [0, 0.1) is 12.8 Å². The molecule has 3 atom stereocenters. The third kappa shape index (κ3) is 3.59. The molecular formula is C24H27N5O3. The van der Waals surface area contributed by atoms with Crippen LogP contribution in [0.1, 0.15) is 48.3 Å². The number of rotatable bonds is 4. The van der Waals surface area contributed by atoms with Crippen molar-refractivity contribution in [3.05, 3.63) is 54.0 Å². The Morgan fingerprint density at radius 1 is 1.12 bits per heavy atom. The first-order valence-electron chi connectivity index (χ1n) is 11.1. The highest BCUT2D eigenvalue weighted by atomic mass is 16.5. The van der Waals surface area contributed by atoms with Crippen molar-refractivity contribution in [2.45, 2.75) is 51.1 Å². The first-order valence-corrected chi connectivity index (χ1v) is 11.1. The number of para-hydroxylation sites is 1. The topological polar surface area (TPSA) is 88.8 Å². The van der Waals surface area contributed by atoms with Crippen LogP contribution in [0.15, 0.2) is 42.6 Å². The second-order valence-electron chi connectivity index (χ2n) is 8.64. The molecule has 0 bridgehead atoms. The van der Waals surface area contributed by atoms with Gasteiger partial charge in [0, 0.05) is 6.04 Å². The average Bonchev–Trinajstić information content (AvgIpc) is 3.38. The lowest BCUT2D eigenvalue weighted by molar-refractivity contribution is -0.120. The summed E-state index contributed by atoms with van der Waals surface area (Å²) in [5.74, 6) is 1.24. The van der Waals surface area contributed by atoms with Crippen molar-refractivity contribution in [1.82, 2.24) is 19.5 Å². The molecule has 1 saturated carbocycles. The predicted molar refractivity (Wildman–Crippen MR) is 120 cm³/mol. The van der Waals surface area contributed by atoms with Gasteiger partial charge in [0.2, 0.25) is 5.91 Å². The smallest absolute Gasteiger partial charge is 0.258 e. The van der Waals surface area contributed by atoms with Crippen molar-refractivity contribution in [2.24, 2.45) is 5.92 Å². The van der Waals surface area contributed by atoms with Gasteiger partial charge in [0.05, 0.1) is 24.6 Å². The van der Waals surface area contributed by atoms with E-state index in [2.05, 4.69) is 15.4 Å². The maximum absolute atomic E-state index is 13.7. The first kappa shape index (κ1) is 20.5. The number of pyridine rings is 1. The number of aryl methyl sites for hydroxylation is 1. The number of nitrogens with zero attached hydrogens (tertiary/aromatic N) is 4. The number of aromatic nitrogens is 3. The number of nitrogens with one attached hydrogen (secondary N) is 1. The minimum absolute atomic E-state index is 0.0809. The summed E-state index contributed by atoms with van der Waals surface area (Å²) < 4.78 is 7.08. The summed E-state index contributed by atoms with van der Waals surface area (Å²) in [5, 5.41) is 7.32. The van der Waals surface area contributed by atoms with Gasteiger partial charge in [-0.2, -0.15) is 5.10 Å². The number of carbonyl (C=O) groups is 2. The van der Waals surface area contributed by atoms with Gasteiger partial charge in [-0.25, -0.2) is 9.50 Å². The number of methoxy groups -OCH3 is 1. The van der Waals surface area contributed by atoms with Gasteiger partial charge in [-0.1, -0.05) is 25.0 Å². The molecule has 2 aromatic heterocycles. The van der Waals surface area contributed by atoms with Crippen molar-refractivity contribution in [2.75, 3.05) is 12.4 Å². The van der Waals surface area contributed by atoms with Gasteiger partial charge in [0.25, 0.3) is 5.91 Å². The van der Waals surface area contributed by atoms with E-state index in [0.717, 1.165) is 31.3 Å². The molecule has 166 valence electrons. The molecule has 1 aromatic carbocycles. The van der Waals surface area contributed by atoms with Crippen molar-refractivity contribution in [3.8, 4) is 5.75 Å². The monoisotopic (exact) mass is 433 g/mol. The molecule has 1 saturated heterocycles. The maximum Gasteiger partial charge on any atom is 0.258 e. The van der Waals surface area contributed by atoms with E-state index in [1.807, 2.05) is 36.1 Å². The molecule has 32 heavy (non-hydrogen) atoms. The fourth-order valence-corrected chi connectivity index (χ4v) is 5.24. The molecule has 0 spiro atoms. The van der Waals surface area contributed by atoms with E-state index in [0.29, 0.717) is 35.2 Å². The van der Waals surface area contributed by atoms with Crippen LogP contribution in [0.4, 0.5) is 5.69 Å². The van der Waals surface area contributed by atoms with Crippen molar-refractivity contribution >= 4 is 23.1 Å². The second-order valence-corrected chi connectivity index (χ2v) is 8.64. The minimum atomic E-state index is -0.520. The van der Waals surface area contributed by atoms with Gasteiger partial charge < -0.3 is 15.0 Å². The Bertz CT molecular complexity index is 1170. The predicted octanol–water partition coefficient (Wildman–Crippen LogP) is 3.46. The fraction of sp³-hybridized carbons (Fsp3) is 0.417. The molecule has 8 heteroatoms. The summed E-state index contributed by atoms with van der Waals surface area (Å²) in [6, 6.07) is 10.4. The van der Waals surface area contributed by atoms with Crippen molar-refractivity contribution in [1.29, 1.82) is 0 Å². The van der Waals surface area contributed by atoms with Crippen LogP contribution in [0.5, 0.6) is 5.75 Å². The molecular weight excluding hydrogens is 406 g/mol. The summed E-state index contributed by atoms with van der Waals surface area (Å²) in [6.45, 7) is 1.83. The molecule has 5 rings (SSSR count). The van der Waals surface area contributed by atoms with Crippen LogP contribution in [-0.4, -0.2) is 50.5 Å². The summed E-state index contributed by atoms with van der Waals surface area (Å²) in [5.41, 5.74) is 1.85. The quantitative estimate of drug-likeness (QED) is 0.681. The number of amides is 2. The fourth-order valence-electron chi connectivity index (χ4n) is 5.24. The third-order valence-electron chi connectivity index (χ3n) is 6.67. The Hall–Kier alpha value is -3.42. The van der Waals surface area contributed by atoms with E-state index in [1.165, 1.54) is 0 Å². The summed E-state index contributed by atoms with van der Waals surface area (Å²) in [7, 11) is 1.56. The number of likely N-dealkylation sites (tertiary alicyclic amines) is 1. The highest BCUT2D eigenvalue weighted by molar-refractivity contribution is 6.03. The lowest BCUT2D eigenvalue weighted by Crippen LogP contribution is -2.48. The highest BCUT2D eigenvalue weighted by Crippen LogP contribution is 2.41. The number of hydrogen-bond acceptors (Lipinski definition) is 5. The second kappa shape index (κ2) is 8.26. The molecule has 2 fully saturated rings. The Morgan fingerprint density at radius 2 is 1.94 bits per heavy atom. The molecule has 8 nitrogen and oxygen atoms in total. The van der Waals surface area contributed by atoms with Crippen LogP contribution in [0.3, 0.4) is 0 Å². The van der Waals surface area contributed by atoms with Crippen LogP contribution >= 0.6 is 0 Å². The van der Waals surface area contributed by atoms with Crippen LogP contribution in [0.25, 0.3) is 5.65 Å². The molecule has 1 aliphatic heterocycles. The molecule has 0 unspecified atom stereocenters. The van der Waals surface area contributed by atoms with E-state index in [1.54, 1.807) is 30.0 Å². The number of anilines is 1. The highest BCUT2D eigenvalue weighted by Gasteiger charge is 2.48. The molecule has 2 aliphatic rings. The molecule has 1 aliphatic carbocycles. The molecule has 3 aromatic rings. The van der Waals surface area contributed by atoms with Gasteiger partial charge in [-0.15, -0.1) is 0 Å². The standard InChI is InChI=1S/C24H27N5O3/c1-15-25-22-12-11-17(14-28(22)27-15)26-23(30)20-13-16-7-3-5-9-19(16)29(20)24(31)18-8-4-6-10-21(18)32-2/h4,6,8,10-12,14,16,19-20H,3,5,7,9,13H2,1-2H3,(H,26,30)/t16-,19-,20-/m0/s1. The van der Waals surface area contributed by atoms with E-state index in [4.69, 9.17) is 4.74 Å². The number of fused-ring (bicyclic) bond motifs is 2. The average molecular weight is 434 g/mol. The first-order chi connectivity index (χ1) is 15.5. The Balaban J connectivity index is 1.44. The zero-order chi connectivity index (χ0) is 22.2. The zero-order valence-corrected chi connectivity index (χ0v) is 18.3. The number of carbonyl (C=O) groups excluding carboxylic acids is 2. The van der Waals surface area contributed by atoms with Gasteiger partial charge in [0.1, 0.15) is 17.6 Å². The van der Waals surface area contributed by atoms with E-state index in [-0.39, 0.29) is 17.9 Å². The molecule has 2 amide bonds. The number of ether oxygens (including phenoxy) is 1.